The first-order valence-corrected chi connectivity index (χ1v) is 20.8. The van der Waals surface area contributed by atoms with Crippen molar-refractivity contribution >= 4 is 22.7 Å². The van der Waals surface area contributed by atoms with Crippen LogP contribution in [0.1, 0.15) is 102 Å². The van der Waals surface area contributed by atoms with Crippen LogP contribution in [0.3, 0.4) is 0 Å². The number of benzene rings is 4. The van der Waals surface area contributed by atoms with Gasteiger partial charge in [-0.3, -0.25) is 0 Å². The molecule has 0 N–H and O–H groups in total. The van der Waals surface area contributed by atoms with Gasteiger partial charge >= 0.3 is 0 Å². The summed E-state index contributed by atoms with van der Waals surface area (Å²) in [5, 5.41) is 4.36. The van der Waals surface area contributed by atoms with Gasteiger partial charge in [0.15, 0.2) is 0 Å². The zero-order valence-corrected chi connectivity index (χ0v) is 32.8. The van der Waals surface area contributed by atoms with E-state index in [1.54, 1.807) is 22.7 Å². The first kappa shape index (κ1) is 36.7. The fourth-order valence-corrected chi connectivity index (χ4v) is 9.02. The number of thiophene rings is 2. The summed E-state index contributed by atoms with van der Waals surface area (Å²) in [7, 11) is 0. The summed E-state index contributed by atoms with van der Waals surface area (Å²) in [4.78, 5) is 2.55. The van der Waals surface area contributed by atoms with Gasteiger partial charge in [0.1, 0.15) is 11.5 Å². The summed E-state index contributed by atoms with van der Waals surface area (Å²) in [6, 6.07) is 36.0. The highest BCUT2D eigenvalue weighted by Gasteiger charge is 2.56. The third-order valence-corrected chi connectivity index (χ3v) is 11.7. The molecule has 2 heterocycles. The number of ether oxygens (including phenoxy) is 2. The van der Waals surface area contributed by atoms with E-state index in [-0.39, 0.29) is 0 Å². The maximum Gasteiger partial charge on any atom is 0.124 e. The van der Waals surface area contributed by atoms with Crippen molar-refractivity contribution in [1.29, 1.82) is 0 Å². The van der Waals surface area contributed by atoms with Gasteiger partial charge in [-0.05, 0) is 93.4 Å². The van der Waals surface area contributed by atoms with Crippen molar-refractivity contribution in [2.45, 2.75) is 85.5 Å². The Balaban J connectivity index is 0.000000700. The molecule has 0 bridgehead atoms. The Hall–Kier alpha value is -4.12. The van der Waals surface area contributed by atoms with E-state index < -0.39 is 5.41 Å². The second-order valence-corrected chi connectivity index (χ2v) is 14.8. The normalized spacial score (nSPS) is 12.5. The van der Waals surface area contributed by atoms with Crippen LogP contribution < -0.4 is 9.47 Å². The van der Waals surface area contributed by atoms with Crippen molar-refractivity contribution in [2.75, 3.05) is 13.2 Å². The van der Waals surface area contributed by atoms with Crippen molar-refractivity contribution in [2.24, 2.45) is 0 Å². The molecule has 0 saturated heterocycles. The lowest BCUT2D eigenvalue weighted by Gasteiger charge is -2.33. The van der Waals surface area contributed by atoms with E-state index in [0.29, 0.717) is 13.2 Å². The maximum atomic E-state index is 6.82. The van der Waals surface area contributed by atoms with Crippen LogP contribution in [-0.2, 0) is 5.41 Å². The first-order valence-electron chi connectivity index (χ1n) is 19.1. The van der Waals surface area contributed by atoms with Gasteiger partial charge in [-0.25, -0.2) is 0 Å². The summed E-state index contributed by atoms with van der Waals surface area (Å²) >= 11 is 3.60. The predicted octanol–water partition coefficient (Wildman–Crippen LogP) is 14.7. The largest absolute Gasteiger partial charge is 0.493 e. The average Bonchev–Trinajstić information content (AvgIpc) is 4.01. The highest BCUT2D eigenvalue weighted by molar-refractivity contribution is 7.13. The van der Waals surface area contributed by atoms with E-state index in [4.69, 9.17) is 9.47 Å². The monoisotopic (exact) mass is 712 g/mol. The van der Waals surface area contributed by atoms with E-state index in [9.17, 15) is 0 Å². The molecule has 1 spiro atoms. The Morgan fingerprint density at radius 3 is 1.27 bits per heavy atom. The van der Waals surface area contributed by atoms with Crippen LogP contribution in [0.15, 0.2) is 108 Å². The molecule has 8 rings (SSSR count). The van der Waals surface area contributed by atoms with Crippen LogP contribution in [0.25, 0.3) is 43.1 Å². The van der Waals surface area contributed by atoms with Crippen molar-refractivity contribution in [3.63, 3.8) is 0 Å². The number of rotatable bonds is 11. The number of unbranched alkanes of at least 4 members (excludes halogenated alkanes) is 3. The second-order valence-electron chi connectivity index (χ2n) is 12.9. The Labute approximate surface area is 314 Å². The molecule has 2 aromatic heterocycles. The highest BCUT2D eigenvalue weighted by Crippen LogP contribution is 2.68. The van der Waals surface area contributed by atoms with E-state index in [0.717, 1.165) is 37.2 Å². The molecule has 0 unspecified atom stereocenters. The van der Waals surface area contributed by atoms with Gasteiger partial charge in [-0.15, -0.1) is 22.7 Å². The molecular formula is C47H52O2S2. The minimum atomic E-state index is -0.582. The molecule has 264 valence electrons. The molecule has 0 aliphatic heterocycles. The number of fused-ring (bicyclic) bond motifs is 10. The van der Waals surface area contributed by atoms with Crippen molar-refractivity contribution in [3.05, 3.63) is 130 Å². The van der Waals surface area contributed by atoms with E-state index in [2.05, 4.69) is 136 Å². The molecular weight excluding hydrogens is 661 g/mol. The van der Waals surface area contributed by atoms with Gasteiger partial charge in [-0.2, -0.15) is 0 Å². The van der Waals surface area contributed by atoms with Gasteiger partial charge in [0, 0.05) is 32.0 Å². The lowest BCUT2D eigenvalue weighted by atomic mass is 9.69. The van der Waals surface area contributed by atoms with Crippen molar-refractivity contribution in [1.82, 2.24) is 0 Å². The lowest BCUT2D eigenvalue weighted by molar-refractivity contribution is 0.299. The fraction of sp³-hybridized carbons (Fsp3) is 0.319. The molecule has 0 fully saturated rings. The van der Waals surface area contributed by atoms with Crippen LogP contribution >= 0.6 is 22.7 Å². The maximum absolute atomic E-state index is 6.82. The Morgan fingerprint density at radius 2 is 0.902 bits per heavy atom. The van der Waals surface area contributed by atoms with Crippen LogP contribution in [0.2, 0.25) is 0 Å². The summed E-state index contributed by atoms with van der Waals surface area (Å²) < 4.78 is 13.6. The minimum absolute atomic E-state index is 0.582. The molecule has 0 amide bonds. The zero-order chi connectivity index (χ0) is 35.8. The summed E-state index contributed by atoms with van der Waals surface area (Å²) in [6.07, 6.45) is 6.85. The number of hydrogen-bond donors (Lipinski definition) is 0. The van der Waals surface area contributed by atoms with Gasteiger partial charge in [-0.1, -0.05) is 128 Å². The minimum Gasteiger partial charge on any atom is -0.493 e. The molecule has 0 saturated carbocycles. The first-order chi connectivity index (χ1) is 25.2. The molecule has 2 nitrogen and oxygen atoms in total. The topological polar surface area (TPSA) is 18.5 Å². The summed E-state index contributed by atoms with van der Waals surface area (Å²) in [5.41, 5.74) is 12.2. The van der Waals surface area contributed by atoms with E-state index in [1.807, 2.05) is 13.8 Å². The number of hydrogen-bond acceptors (Lipinski definition) is 4. The second kappa shape index (κ2) is 16.9. The Morgan fingerprint density at radius 1 is 0.471 bits per heavy atom. The van der Waals surface area contributed by atoms with Crippen LogP contribution in [0, 0.1) is 0 Å². The SMILES string of the molecule is CC.CCCC.CCCCOc1ccc(-c2cccs2)c2c1C1(c3ccccc3-2)c2ccccc2-c2c(-c3cccs3)ccc(OCCCC)c21. The molecule has 0 radical (unpaired) electrons. The van der Waals surface area contributed by atoms with Gasteiger partial charge in [0.2, 0.25) is 0 Å². The average molecular weight is 713 g/mol. The molecule has 6 aromatic rings. The third kappa shape index (κ3) is 6.47. The van der Waals surface area contributed by atoms with Gasteiger partial charge < -0.3 is 9.47 Å². The predicted molar refractivity (Wildman–Crippen MR) is 222 cm³/mol. The van der Waals surface area contributed by atoms with E-state index in [1.165, 1.54) is 78.2 Å². The standard InChI is InChI=1S/C41H36O2S2.C4H10.C2H6/c1-3-5-23-42-33-21-19-29(35-17-11-25-44-35)37-27-13-7-9-15-31(27)41(39(33)37)32-16-10-8-14-28(32)38-30(36-18-12-26-45-36)20-22-34(40(38)41)43-24-6-4-2;1-3-4-2;1-2/h7-22,25-26H,3-6,23-24H2,1-2H3;3-4H2,1-2H3;1-2H3. The van der Waals surface area contributed by atoms with E-state index >= 15 is 0 Å². The zero-order valence-electron chi connectivity index (χ0n) is 31.2. The molecule has 2 aliphatic rings. The third-order valence-electron chi connectivity index (χ3n) is 9.87. The highest BCUT2D eigenvalue weighted by atomic mass is 32.1. The summed E-state index contributed by atoms with van der Waals surface area (Å²) in [5.74, 6) is 1.94. The van der Waals surface area contributed by atoms with Gasteiger partial charge in [0.25, 0.3) is 0 Å². The molecule has 4 aromatic carbocycles. The fourth-order valence-electron chi connectivity index (χ4n) is 7.50. The smallest absolute Gasteiger partial charge is 0.124 e. The molecule has 4 heteroatoms. The van der Waals surface area contributed by atoms with Crippen molar-refractivity contribution < 1.29 is 9.47 Å². The molecule has 0 atom stereocenters. The van der Waals surface area contributed by atoms with Crippen LogP contribution in [0.5, 0.6) is 11.5 Å². The van der Waals surface area contributed by atoms with Crippen LogP contribution in [0.4, 0.5) is 0 Å². The van der Waals surface area contributed by atoms with Crippen molar-refractivity contribution in [3.8, 4) is 54.6 Å². The molecule has 2 aliphatic carbocycles. The van der Waals surface area contributed by atoms with Gasteiger partial charge in [0.05, 0.1) is 18.6 Å². The lowest BCUT2D eigenvalue weighted by Crippen LogP contribution is -2.27. The van der Waals surface area contributed by atoms with Crippen LogP contribution in [-0.4, -0.2) is 13.2 Å². The Bertz CT molecular complexity index is 1870. The summed E-state index contributed by atoms with van der Waals surface area (Å²) in [6.45, 7) is 14.2. The Kier molecular flexibility index (Phi) is 12.2. The molecule has 51 heavy (non-hydrogen) atoms. The quantitative estimate of drug-likeness (QED) is 0.124.